The Kier molecular flexibility index (Phi) is 4.17. The van der Waals surface area contributed by atoms with E-state index in [1.54, 1.807) is 18.2 Å². The van der Waals surface area contributed by atoms with E-state index in [9.17, 15) is 4.79 Å². The number of hydrogen-bond acceptors (Lipinski definition) is 3. The van der Waals surface area contributed by atoms with Crippen LogP contribution in [0.15, 0.2) is 18.2 Å². The van der Waals surface area contributed by atoms with Crippen molar-refractivity contribution in [1.82, 2.24) is 0 Å². The second-order valence-corrected chi connectivity index (χ2v) is 3.82. The van der Waals surface area contributed by atoms with Gasteiger partial charge in [-0.15, -0.1) is 0 Å². The standard InChI is InChI=1S/C12H19N3O/c1-3-9(4-2)15-11-6-5-8(12(14)16)7-10(11)13/h5-7,9,15H,3-4,13H2,1-2H3,(H2,14,16). The zero-order valence-electron chi connectivity index (χ0n) is 9.79. The van der Waals surface area contributed by atoms with Crippen LogP contribution in [0.1, 0.15) is 37.0 Å². The topological polar surface area (TPSA) is 81.1 Å². The van der Waals surface area contributed by atoms with Crippen molar-refractivity contribution in [2.24, 2.45) is 5.73 Å². The minimum atomic E-state index is -0.458. The van der Waals surface area contributed by atoms with Gasteiger partial charge in [-0.3, -0.25) is 4.79 Å². The molecule has 0 heterocycles. The molecule has 4 heteroatoms. The van der Waals surface area contributed by atoms with Crippen molar-refractivity contribution in [3.63, 3.8) is 0 Å². The maximum Gasteiger partial charge on any atom is 0.248 e. The Morgan fingerprint density at radius 3 is 2.44 bits per heavy atom. The molecule has 4 nitrogen and oxygen atoms in total. The van der Waals surface area contributed by atoms with Gasteiger partial charge in [0, 0.05) is 11.6 Å². The summed E-state index contributed by atoms with van der Waals surface area (Å²) in [5, 5.41) is 3.34. The summed E-state index contributed by atoms with van der Waals surface area (Å²) in [4.78, 5) is 10.9. The molecule has 0 aliphatic heterocycles. The Labute approximate surface area is 96.0 Å². The first kappa shape index (κ1) is 12.4. The molecule has 0 radical (unpaired) electrons. The normalized spacial score (nSPS) is 10.4. The van der Waals surface area contributed by atoms with Gasteiger partial charge in [0.1, 0.15) is 0 Å². The third kappa shape index (κ3) is 2.89. The highest BCUT2D eigenvalue weighted by Crippen LogP contribution is 2.21. The molecule has 0 spiro atoms. The Hall–Kier alpha value is -1.71. The molecule has 0 bridgehead atoms. The lowest BCUT2D eigenvalue weighted by molar-refractivity contribution is 0.100. The van der Waals surface area contributed by atoms with Crippen molar-refractivity contribution in [2.75, 3.05) is 11.1 Å². The summed E-state index contributed by atoms with van der Waals surface area (Å²) in [6.45, 7) is 4.24. The van der Waals surface area contributed by atoms with Crippen LogP contribution in [0.25, 0.3) is 0 Å². The van der Waals surface area contributed by atoms with Crippen LogP contribution in [0.3, 0.4) is 0 Å². The molecule has 0 atom stereocenters. The second-order valence-electron chi connectivity index (χ2n) is 3.82. The number of anilines is 2. The van der Waals surface area contributed by atoms with E-state index in [1.165, 1.54) is 0 Å². The van der Waals surface area contributed by atoms with Crippen molar-refractivity contribution in [1.29, 1.82) is 0 Å². The molecule has 1 rings (SSSR count). The van der Waals surface area contributed by atoms with Crippen LogP contribution >= 0.6 is 0 Å². The molecular formula is C12H19N3O. The lowest BCUT2D eigenvalue weighted by Crippen LogP contribution is -2.18. The maximum atomic E-state index is 10.9. The van der Waals surface area contributed by atoms with Crippen molar-refractivity contribution in [3.8, 4) is 0 Å². The van der Waals surface area contributed by atoms with Crippen molar-refractivity contribution in [3.05, 3.63) is 23.8 Å². The third-order valence-electron chi connectivity index (χ3n) is 2.68. The molecular weight excluding hydrogens is 202 g/mol. The number of primary amides is 1. The average Bonchev–Trinajstić information content (AvgIpc) is 2.27. The summed E-state index contributed by atoms with van der Waals surface area (Å²) in [6.07, 6.45) is 2.07. The summed E-state index contributed by atoms with van der Waals surface area (Å²) in [7, 11) is 0. The smallest absolute Gasteiger partial charge is 0.248 e. The van der Waals surface area contributed by atoms with E-state index < -0.39 is 5.91 Å². The van der Waals surface area contributed by atoms with Gasteiger partial charge in [0.25, 0.3) is 0 Å². The van der Waals surface area contributed by atoms with Gasteiger partial charge >= 0.3 is 0 Å². The molecule has 1 aromatic carbocycles. The molecule has 0 saturated carbocycles. The Morgan fingerprint density at radius 1 is 1.38 bits per heavy atom. The number of carbonyl (C=O) groups is 1. The Morgan fingerprint density at radius 2 is 2.00 bits per heavy atom. The molecule has 0 saturated heterocycles. The fourth-order valence-corrected chi connectivity index (χ4v) is 1.56. The molecule has 1 amide bonds. The van der Waals surface area contributed by atoms with Gasteiger partial charge in [0.05, 0.1) is 11.4 Å². The number of amides is 1. The van der Waals surface area contributed by atoms with E-state index in [2.05, 4.69) is 19.2 Å². The summed E-state index contributed by atoms with van der Waals surface area (Å²) >= 11 is 0. The number of nitrogens with two attached hydrogens (primary N) is 2. The number of rotatable bonds is 5. The first-order valence-electron chi connectivity index (χ1n) is 5.54. The van der Waals surface area contributed by atoms with Crippen LogP contribution in [-0.2, 0) is 0 Å². The molecule has 1 aromatic rings. The highest BCUT2D eigenvalue weighted by Gasteiger charge is 2.08. The largest absolute Gasteiger partial charge is 0.397 e. The second kappa shape index (κ2) is 5.39. The summed E-state index contributed by atoms with van der Waals surface area (Å²) in [5.41, 5.74) is 12.9. The number of benzene rings is 1. The quantitative estimate of drug-likeness (QED) is 0.665. The third-order valence-corrected chi connectivity index (χ3v) is 2.68. The highest BCUT2D eigenvalue weighted by atomic mass is 16.1. The summed E-state index contributed by atoms with van der Waals surface area (Å²) < 4.78 is 0. The minimum Gasteiger partial charge on any atom is -0.397 e. The zero-order chi connectivity index (χ0) is 12.1. The Bertz CT molecular complexity index is 373. The van der Waals surface area contributed by atoms with E-state index in [-0.39, 0.29) is 0 Å². The first-order chi connectivity index (χ1) is 7.58. The summed E-state index contributed by atoms with van der Waals surface area (Å²) in [6, 6.07) is 5.49. The first-order valence-corrected chi connectivity index (χ1v) is 5.54. The monoisotopic (exact) mass is 221 g/mol. The van der Waals surface area contributed by atoms with E-state index in [4.69, 9.17) is 11.5 Å². The molecule has 88 valence electrons. The van der Waals surface area contributed by atoms with Gasteiger partial charge in [-0.25, -0.2) is 0 Å². The lowest BCUT2D eigenvalue weighted by atomic mass is 10.1. The van der Waals surface area contributed by atoms with Gasteiger partial charge in [0.15, 0.2) is 0 Å². The molecule has 5 N–H and O–H groups in total. The molecule has 16 heavy (non-hydrogen) atoms. The van der Waals surface area contributed by atoms with Crippen molar-refractivity contribution in [2.45, 2.75) is 32.7 Å². The van der Waals surface area contributed by atoms with Gasteiger partial charge in [0.2, 0.25) is 5.91 Å². The SMILES string of the molecule is CCC(CC)Nc1ccc(C(N)=O)cc1N. The van der Waals surface area contributed by atoms with Gasteiger partial charge in [-0.1, -0.05) is 13.8 Å². The number of nitrogens with one attached hydrogen (secondary N) is 1. The molecule has 0 aliphatic carbocycles. The number of carbonyl (C=O) groups excluding carboxylic acids is 1. The van der Waals surface area contributed by atoms with Crippen LogP contribution in [-0.4, -0.2) is 11.9 Å². The van der Waals surface area contributed by atoms with Gasteiger partial charge in [-0.2, -0.15) is 0 Å². The van der Waals surface area contributed by atoms with Crippen molar-refractivity contribution >= 4 is 17.3 Å². The molecule has 0 unspecified atom stereocenters. The predicted molar refractivity (Wildman–Crippen MR) is 67.4 cm³/mol. The van der Waals surface area contributed by atoms with Gasteiger partial charge in [-0.05, 0) is 31.0 Å². The highest BCUT2D eigenvalue weighted by molar-refractivity contribution is 5.94. The van der Waals surface area contributed by atoms with Crippen LogP contribution < -0.4 is 16.8 Å². The van der Waals surface area contributed by atoms with Crippen LogP contribution in [0.5, 0.6) is 0 Å². The van der Waals surface area contributed by atoms with E-state index in [1.807, 2.05) is 0 Å². The fourth-order valence-electron chi connectivity index (χ4n) is 1.56. The average molecular weight is 221 g/mol. The van der Waals surface area contributed by atoms with Crippen LogP contribution in [0, 0.1) is 0 Å². The molecule has 0 aromatic heterocycles. The summed E-state index contributed by atoms with van der Waals surface area (Å²) in [5.74, 6) is -0.458. The zero-order valence-corrected chi connectivity index (χ0v) is 9.79. The van der Waals surface area contributed by atoms with E-state index >= 15 is 0 Å². The van der Waals surface area contributed by atoms with Crippen LogP contribution in [0.2, 0.25) is 0 Å². The lowest BCUT2D eigenvalue weighted by Gasteiger charge is -2.17. The maximum absolute atomic E-state index is 10.9. The fraction of sp³-hybridized carbons (Fsp3) is 0.417. The van der Waals surface area contributed by atoms with E-state index in [0.717, 1.165) is 18.5 Å². The van der Waals surface area contributed by atoms with Gasteiger partial charge < -0.3 is 16.8 Å². The minimum absolute atomic E-state index is 0.404. The van der Waals surface area contributed by atoms with Crippen molar-refractivity contribution < 1.29 is 4.79 Å². The molecule has 0 aliphatic rings. The Balaban J connectivity index is 2.86. The number of nitrogen functional groups attached to an aromatic ring is 1. The number of hydrogen-bond donors (Lipinski definition) is 3. The predicted octanol–water partition coefficient (Wildman–Crippen LogP) is 1.97. The van der Waals surface area contributed by atoms with E-state index in [0.29, 0.717) is 17.3 Å². The van der Waals surface area contributed by atoms with Crippen LogP contribution in [0.4, 0.5) is 11.4 Å². The molecule has 0 fully saturated rings.